The maximum atomic E-state index is 6.04. The minimum atomic E-state index is 0.509. The average Bonchev–Trinajstić information content (AvgIpc) is 2.82. The number of benzene rings is 2. The normalized spacial score (nSPS) is 10.8. The van der Waals surface area contributed by atoms with Gasteiger partial charge in [0.1, 0.15) is 18.1 Å². The summed E-state index contributed by atoms with van der Waals surface area (Å²) in [5, 5.41) is 1.90. The lowest BCUT2D eigenvalue weighted by Crippen LogP contribution is -2.01. The van der Waals surface area contributed by atoms with Gasteiger partial charge in [-0.1, -0.05) is 17.7 Å². The summed E-state index contributed by atoms with van der Waals surface area (Å²) < 4.78 is 13.1. The minimum Gasteiger partial charge on any atom is -0.497 e. The number of rotatable bonds is 4. The van der Waals surface area contributed by atoms with Gasteiger partial charge >= 0.3 is 0 Å². The Kier molecular flexibility index (Phi) is 3.76. The van der Waals surface area contributed by atoms with E-state index in [4.69, 9.17) is 21.1 Å². The lowest BCUT2D eigenvalue weighted by molar-refractivity contribution is 0.297. The molecule has 0 aliphatic carbocycles. The summed E-state index contributed by atoms with van der Waals surface area (Å²) in [5.41, 5.74) is 2.21. The van der Waals surface area contributed by atoms with Crippen molar-refractivity contribution < 1.29 is 9.47 Å². The first-order valence-electron chi connectivity index (χ1n) is 6.68. The SMILES string of the molecule is COc1ccc(OCc2cc3ccc(Cl)cc3n2C)cc1. The van der Waals surface area contributed by atoms with Crippen LogP contribution in [0.5, 0.6) is 11.5 Å². The van der Waals surface area contributed by atoms with Gasteiger partial charge in [-0.2, -0.15) is 0 Å². The van der Waals surface area contributed by atoms with Crippen LogP contribution in [-0.4, -0.2) is 11.7 Å². The molecule has 0 amide bonds. The fourth-order valence-electron chi connectivity index (χ4n) is 2.33. The summed E-state index contributed by atoms with van der Waals surface area (Å²) in [7, 11) is 3.67. The molecule has 0 unspecified atom stereocenters. The van der Waals surface area contributed by atoms with Gasteiger partial charge in [0.15, 0.2) is 0 Å². The Bertz CT molecular complexity index is 762. The van der Waals surface area contributed by atoms with Gasteiger partial charge in [0.05, 0.1) is 12.8 Å². The van der Waals surface area contributed by atoms with Crippen molar-refractivity contribution in [3.63, 3.8) is 0 Å². The summed E-state index contributed by atoms with van der Waals surface area (Å²) in [6.07, 6.45) is 0. The summed E-state index contributed by atoms with van der Waals surface area (Å²) >= 11 is 6.04. The van der Waals surface area contributed by atoms with Gasteiger partial charge in [-0.3, -0.25) is 0 Å². The van der Waals surface area contributed by atoms with Gasteiger partial charge in [-0.15, -0.1) is 0 Å². The van der Waals surface area contributed by atoms with E-state index < -0.39 is 0 Å². The second-order valence-electron chi connectivity index (χ2n) is 4.86. The third-order valence-corrected chi connectivity index (χ3v) is 3.79. The Labute approximate surface area is 128 Å². The Morgan fingerprint density at radius 3 is 2.43 bits per heavy atom. The Morgan fingerprint density at radius 1 is 1.00 bits per heavy atom. The molecule has 2 aromatic carbocycles. The molecule has 21 heavy (non-hydrogen) atoms. The van der Waals surface area contributed by atoms with Crippen molar-refractivity contribution in [2.45, 2.75) is 6.61 Å². The van der Waals surface area contributed by atoms with Crippen molar-refractivity contribution in [2.75, 3.05) is 7.11 Å². The highest BCUT2D eigenvalue weighted by Crippen LogP contribution is 2.24. The number of ether oxygens (including phenoxy) is 2. The highest BCUT2D eigenvalue weighted by molar-refractivity contribution is 6.31. The monoisotopic (exact) mass is 301 g/mol. The van der Waals surface area contributed by atoms with Gasteiger partial charge in [-0.05, 0) is 42.5 Å². The molecule has 0 aliphatic heterocycles. The molecular weight excluding hydrogens is 286 g/mol. The minimum absolute atomic E-state index is 0.509. The van der Waals surface area contributed by atoms with Gasteiger partial charge < -0.3 is 14.0 Å². The van der Waals surface area contributed by atoms with Crippen molar-refractivity contribution in [3.05, 3.63) is 59.2 Å². The number of fused-ring (bicyclic) bond motifs is 1. The first-order chi connectivity index (χ1) is 10.2. The summed E-state index contributed by atoms with van der Waals surface area (Å²) in [5.74, 6) is 1.64. The largest absolute Gasteiger partial charge is 0.497 e. The second kappa shape index (κ2) is 5.70. The number of methoxy groups -OCH3 is 1. The Hall–Kier alpha value is -2.13. The lowest BCUT2D eigenvalue weighted by atomic mass is 10.2. The van der Waals surface area contributed by atoms with E-state index in [1.54, 1.807) is 7.11 Å². The van der Waals surface area contributed by atoms with Crippen molar-refractivity contribution in [1.29, 1.82) is 0 Å². The zero-order valence-corrected chi connectivity index (χ0v) is 12.7. The molecule has 0 saturated heterocycles. The van der Waals surface area contributed by atoms with E-state index in [2.05, 4.69) is 10.6 Å². The molecule has 1 heterocycles. The van der Waals surface area contributed by atoms with Crippen LogP contribution < -0.4 is 9.47 Å². The molecule has 0 saturated carbocycles. The highest BCUT2D eigenvalue weighted by atomic mass is 35.5. The first-order valence-corrected chi connectivity index (χ1v) is 7.06. The van der Waals surface area contributed by atoms with E-state index in [9.17, 15) is 0 Å². The number of halogens is 1. The number of aromatic nitrogens is 1. The molecule has 3 nitrogen and oxygen atoms in total. The van der Waals surface area contributed by atoms with E-state index in [-0.39, 0.29) is 0 Å². The summed E-state index contributed by atoms with van der Waals surface area (Å²) in [6, 6.07) is 15.6. The molecule has 0 aliphatic rings. The molecular formula is C17H16ClNO2. The van der Waals surface area contributed by atoms with Crippen molar-refractivity contribution >= 4 is 22.5 Å². The first kappa shape index (κ1) is 13.8. The van der Waals surface area contributed by atoms with Gasteiger partial charge in [0, 0.05) is 23.0 Å². The molecule has 4 heteroatoms. The zero-order chi connectivity index (χ0) is 14.8. The van der Waals surface area contributed by atoms with Crippen LogP contribution in [0.3, 0.4) is 0 Å². The highest BCUT2D eigenvalue weighted by Gasteiger charge is 2.07. The van der Waals surface area contributed by atoms with E-state index in [0.29, 0.717) is 6.61 Å². The van der Waals surface area contributed by atoms with Crippen molar-refractivity contribution in [2.24, 2.45) is 7.05 Å². The Balaban J connectivity index is 1.79. The molecule has 0 N–H and O–H groups in total. The van der Waals surface area contributed by atoms with E-state index in [1.165, 1.54) is 0 Å². The maximum absolute atomic E-state index is 6.04. The van der Waals surface area contributed by atoms with Crippen LogP contribution >= 0.6 is 11.6 Å². The molecule has 0 atom stereocenters. The third kappa shape index (κ3) is 2.83. The molecule has 108 valence electrons. The summed E-state index contributed by atoms with van der Waals surface area (Å²) in [6.45, 7) is 0.509. The van der Waals surface area contributed by atoms with Crippen LogP contribution in [0.1, 0.15) is 5.69 Å². The van der Waals surface area contributed by atoms with Crippen LogP contribution in [-0.2, 0) is 13.7 Å². The topological polar surface area (TPSA) is 23.4 Å². The number of nitrogens with zero attached hydrogens (tertiary/aromatic N) is 1. The van der Waals surface area contributed by atoms with E-state index in [0.717, 1.165) is 33.1 Å². The molecule has 1 aromatic heterocycles. The molecule has 0 spiro atoms. The predicted molar refractivity (Wildman–Crippen MR) is 85.3 cm³/mol. The van der Waals surface area contributed by atoms with Gasteiger partial charge in [-0.25, -0.2) is 0 Å². The van der Waals surface area contributed by atoms with Crippen LogP contribution in [0.4, 0.5) is 0 Å². The van der Waals surface area contributed by atoms with Crippen LogP contribution in [0, 0.1) is 0 Å². The van der Waals surface area contributed by atoms with Crippen LogP contribution in [0.25, 0.3) is 10.9 Å². The number of aryl methyl sites for hydroxylation is 1. The van der Waals surface area contributed by atoms with E-state index >= 15 is 0 Å². The fraction of sp³-hybridized carbons (Fsp3) is 0.176. The quantitative estimate of drug-likeness (QED) is 0.712. The second-order valence-corrected chi connectivity index (χ2v) is 5.30. The van der Waals surface area contributed by atoms with E-state index in [1.807, 2.05) is 49.5 Å². The molecule has 0 bridgehead atoms. The molecule has 3 aromatic rings. The third-order valence-electron chi connectivity index (χ3n) is 3.55. The number of hydrogen-bond acceptors (Lipinski definition) is 2. The molecule has 3 rings (SSSR count). The lowest BCUT2D eigenvalue weighted by Gasteiger charge is -2.08. The van der Waals surface area contributed by atoms with Crippen LogP contribution in [0.15, 0.2) is 48.5 Å². The average molecular weight is 302 g/mol. The number of hydrogen-bond donors (Lipinski definition) is 0. The Morgan fingerprint density at radius 2 is 1.71 bits per heavy atom. The maximum Gasteiger partial charge on any atom is 0.128 e. The van der Waals surface area contributed by atoms with Gasteiger partial charge in [0.25, 0.3) is 0 Å². The van der Waals surface area contributed by atoms with Crippen molar-refractivity contribution in [1.82, 2.24) is 4.57 Å². The standard InChI is InChI=1S/C17H16ClNO2/c1-19-14(9-12-3-4-13(18)10-17(12)19)11-21-16-7-5-15(20-2)6-8-16/h3-10H,11H2,1-2H3. The summed E-state index contributed by atoms with van der Waals surface area (Å²) in [4.78, 5) is 0. The van der Waals surface area contributed by atoms with Crippen LogP contribution in [0.2, 0.25) is 5.02 Å². The predicted octanol–water partition coefficient (Wildman–Crippen LogP) is 4.42. The van der Waals surface area contributed by atoms with Gasteiger partial charge in [0.2, 0.25) is 0 Å². The molecule has 0 fully saturated rings. The fourth-order valence-corrected chi connectivity index (χ4v) is 2.49. The smallest absolute Gasteiger partial charge is 0.128 e. The zero-order valence-electron chi connectivity index (χ0n) is 12.0. The van der Waals surface area contributed by atoms with Crippen molar-refractivity contribution in [3.8, 4) is 11.5 Å². The molecule has 0 radical (unpaired) electrons.